The lowest BCUT2D eigenvalue weighted by atomic mass is 9.60. The molecule has 0 bridgehead atoms. The highest BCUT2D eigenvalue weighted by atomic mass is 19.4. The Hall–Kier alpha value is -3.83. The monoisotopic (exact) mass is 870 g/mol. The zero-order valence-electron chi connectivity index (χ0n) is 32.0. The van der Waals surface area contributed by atoms with Gasteiger partial charge >= 0.3 is 12.4 Å². The fourth-order valence-corrected chi connectivity index (χ4v) is 7.98. The number of aliphatic hydroxyl groups excluding tert-OH is 1. The molecule has 2 saturated heterocycles. The van der Waals surface area contributed by atoms with Gasteiger partial charge in [0.15, 0.2) is 24.0 Å². The summed E-state index contributed by atoms with van der Waals surface area (Å²) < 4.78 is 98.1. The van der Waals surface area contributed by atoms with Crippen LogP contribution in [0.25, 0.3) is 0 Å². The lowest BCUT2D eigenvalue weighted by molar-refractivity contribution is -0.507. The summed E-state index contributed by atoms with van der Waals surface area (Å²) in [5, 5.41) is 125. The third-order valence-electron chi connectivity index (χ3n) is 11.5. The van der Waals surface area contributed by atoms with Crippen LogP contribution >= 0.6 is 0 Å². The van der Waals surface area contributed by atoms with Crippen molar-refractivity contribution < 1.29 is 106 Å². The Kier molecular flexibility index (Phi) is 13.1. The topological polar surface area (TPSA) is 304 Å². The minimum Gasteiger partial charge on any atom is -0.507 e. The maximum atomic E-state index is 14.5. The fraction of sp³-hybridized carbons (Fsp3) is 0.697. The number of phenolic OH excluding ortho intramolecular Hbond substituents is 3. The summed E-state index contributed by atoms with van der Waals surface area (Å²) in [4.78, 5) is 54.5. The van der Waals surface area contributed by atoms with E-state index in [0.717, 1.165) is 4.90 Å². The number of phenols is 3. The number of rotatable bonds is 12. The van der Waals surface area contributed by atoms with Crippen LogP contribution in [0.15, 0.2) is 0 Å². The number of likely N-dealkylation sites (N-methyl/N-ethyl adjacent to an activating group) is 1. The fourth-order valence-electron chi connectivity index (χ4n) is 7.98. The molecule has 1 aromatic carbocycles. The minimum absolute atomic E-state index is 0.0263. The van der Waals surface area contributed by atoms with Crippen molar-refractivity contribution in [3.8, 4) is 17.2 Å². The number of piperazine rings is 1. The van der Waals surface area contributed by atoms with Crippen molar-refractivity contribution >= 4 is 23.8 Å². The molecule has 2 aliphatic heterocycles. The average molecular weight is 871 g/mol. The average Bonchev–Trinajstić information content (AvgIpc) is 3.08. The predicted octanol–water partition coefficient (Wildman–Crippen LogP) is -2.19. The predicted molar refractivity (Wildman–Crippen MR) is 178 cm³/mol. The van der Waals surface area contributed by atoms with Gasteiger partial charge in [-0.15, -0.1) is 0 Å². The van der Waals surface area contributed by atoms with Crippen LogP contribution < -0.4 is 0 Å². The number of alkyl halides is 7. The second kappa shape index (κ2) is 15.6. The quantitative estimate of drug-likeness (QED) is 0.0460. The van der Waals surface area contributed by atoms with Crippen molar-refractivity contribution in [1.29, 1.82) is 0 Å². The first-order valence-corrected chi connectivity index (χ1v) is 17.3. The van der Waals surface area contributed by atoms with Crippen molar-refractivity contribution in [2.24, 2.45) is 11.8 Å². The number of carbonyl (C=O) groups excluding carboxylic acids is 4. The first-order chi connectivity index (χ1) is 26.4. The number of benzene rings is 1. The van der Waals surface area contributed by atoms with Crippen LogP contribution in [0.4, 0.5) is 30.7 Å². The van der Waals surface area contributed by atoms with E-state index in [1.165, 1.54) is 4.90 Å². The normalized spacial score (nSPS) is 28.1. The molecular formula is C33H45F7N4O15. The molecule has 11 N–H and O–H groups in total. The molecule has 0 aromatic heterocycles. The first kappa shape index (κ1) is 49.5. The summed E-state index contributed by atoms with van der Waals surface area (Å²) in [7, 11) is 0.466. The highest BCUT2D eigenvalue weighted by molar-refractivity contribution is 6.27. The van der Waals surface area contributed by atoms with Crippen LogP contribution in [0.5, 0.6) is 17.2 Å². The summed E-state index contributed by atoms with van der Waals surface area (Å²) in [5.74, 6) is -27.7. The smallest absolute Gasteiger partial charge is 0.423 e. The van der Waals surface area contributed by atoms with E-state index in [1.807, 2.05) is 0 Å². The van der Waals surface area contributed by atoms with Gasteiger partial charge in [0.25, 0.3) is 0 Å². The Morgan fingerprint density at radius 3 is 1.61 bits per heavy atom. The molecule has 0 saturated carbocycles. The van der Waals surface area contributed by atoms with Crippen LogP contribution in [0.2, 0.25) is 0 Å². The molecule has 19 nitrogen and oxygen atoms in total. The summed E-state index contributed by atoms with van der Waals surface area (Å²) >= 11 is 0. The number of hydrogen-bond donors (Lipinski definition) is 11. The molecule has 0 spiro atoms. The highest BCUT2D eigenvalue weighted by Gasteiger charge is 2.85. The summed E-state index contributed by atoms with van der Waals surface area (Å²) in [6, 6.07) is 0. The summed E-state index contributed by atoms with van der Waals surface area (Å²) in [5.41, 5.74) is -23.2. The van der Waals surface area contributed by atoms with Gasteiger partial charge in [0, 0.05) is 32.1 Å². The first-order valence-electron chi connectivity index (χ1n) is 17.3. The number of nitrogens with zero attached hydrogens (tertiary/aromatic N) is 4. The number of aliphatic hydroxyl groups is 8. The molecule has 1 amide bonds. The number of ketones is 2. The zero-order valence-corrected chi connectivity index (χ0v) is 32.0. The van der Waals surface area contributed by atoms with Gasteiger partial charge in [-0.1, -0.05) is 6.92 Å². The Balaban J connectivity index is 2.44. The third kappa shape index (κ3) is 7.29. The van der Waals surface area contributed by atoms with E-state index in [2.05, 4.69) is 0 Å². The number of carbonyl (C=O) groups is 4. The summed E-state index contributed by atoms with van der Waals surface area (Å²) in [6.07, 6.45) is -15.3. The van der Waals surface area contributed by atoms with Crippen LogP contribution in [-0.4, -0.2) is 181 Å². The van der Waals surface area contributed by atoms with Crippen molar-refractivity contribution in [2.45, 2.75) is 87.4 Å². The molecule has 7 atom stereocenters. The Labute approximate surface area is 329 Å². The summed E-state index contributed by atoms with van der Waals surface area (Å²) in [6.45, 7) is -1.52. The number of halogens is 7. The molecule has 3 rings (SSSR count). The van der Waals surface area contributed by atoms with Gasteiger partial charge in [-0.25, -0.2) is 4.39 Å². The lowest BCUT2D eigenvalue weighted by Gasteiger charge is -2.71. The zero-order chi connectivity index (χ0) is 46.2. The molecule has 0 radical (unpaired) electrons. The highest BCUT2D eigenvalue weighted by Crippen LogP contribution is 2.59. The number of hydrogen-bond acceptors (Lipinski definition) is 18. The molecule has 0 aliphatic carbocycles. The van der Waals surface area contributed by atoms with E-state index in [1.54, 1.807) is 0 Å². The third-order valence-corrected chi connectivity index (χ3v) is 11.5. The Morgan fingerprint density at radius 2 is 1.24 bits per heavy atom. The Bertz CT molecular complexity index is 1790. The lowest BCUT2D eigenvalue weighted by Crippen LogP contribution is -2.97. The minimum atomic E-state index is -6.04. The molecule has 336 valence electrons. The molecule has 1 aromatic rings. The van der Waals surface area contributed by atoms with Crippen LogP contribution in [0.1, 0.15) is 51.3 Å². The van der Waals surface area contributed by atoms with E-state index in [4.69, 9.17) is 0 Å². The maximum absolute atomic E-state index is 14.5. The van der Waals surface area contributed by atoms with Gasteiger partial charge in [0.2, 0.25) is 29.0 Å². The number of piperidine rings is 1. The van der Waals surface area contributed by atoms with Crippen molar-refractivity contribution in [3.63, 3.8) is 0 Å². The molecule has 2 fully saturated rings. The van der Waals surface area contributed by atoms with Crippen LogP contribution in [0, 0.1) is 11.8 Å². The van der Waals surface area contributed by atoms with Crippen LogP contribution in [-0.2, 0) is 37.3 Å². The van der Waals surface area contributed by atoms with Crippen molar-refractivity contribution in [3.05, 3.63) is 16.7 Å². The van der Waals surface area contributed by atoms with E-state index in [-0.39, 0.29) is 24.9 Å². The van der Waals surface area contributed by atoms with Gasteiger partial charge < -0.3 is 56.2 Å². The standard InChI is InChI=1S/C33H45F7N4O15/c1-14(22(49)15(2)34)18(16(47)12-45)29(55)33(58,59)27(4,43-9-7-42(13-46)8-10-43)32(56,57)28(5,54)44(29)17(48)11-41(6)26(3,53)19-23(50)20(30(35,36)37)25(52)21(24(19)51)31(38,39)40/h12,14-15,18,46,50-59H,7-11,13H2,1-6H3. The molecular weight excluding hydrogens is 825 g/mol. The van der Waals surface area contributed by atoms with Gasteiger partial charge in [-0.05, 0) is 34.7 Å². The van der Waals surface area contributed by atoms with Gasteiger partial charge in [0.05, 0.1) is 24.8 Å². The van der Waals surface area contributed by atoms with E-state index in [9.17, 15) is 106 Å². The second-order valence-corrected chi connectivity index (χ2v) is 15.0. The van der Waals surface area contributed by atoms with Gasteiger partial charge in [-0.2, -0.15) is 26.3 Å². The maximum Gasteiger partial charge on any atom is 0.423 e. The number of aromatic hydroxyl groups is 3. The van der Waals surface area contributed by atoms with Gasteiger partial charge in [0.1, 0.15) is 39.6 Å². The van der Waals surface area contributed by atoms with Gasteiger partial charge in [-0.3, -0.25) is 38.8 Å². The number of amides is 1. The SMILES string of the molecule is CC(F)C(=O)C(C)C(C(=O)C=O)C1(O)N(C(=O)CN(C)C(C)(O)c2c(O)c(C(F)(F)F)c(O)c(C(F)(F)F)c2O)C(C)(O)C(O)(O)C(C)(N2CCN(CO)CC2)C1(O)O. The van der Waals surface area contributed by atoms with E-state index < -0.39 is 154 Å². The van der Waals surface area contributed by atoms with E-state index >= 15 is 0 Å². The molecule has 2 aliphatic rings. The number of likely N-dealkylation sites (tertiary alicyclic amines) is 1. The number of aldehydes is 1. The molecule has 26 heteroatoms. The van der Waals surface area contributed by atoms with Crippen LogP contribution in [0.3, 0.4) is 0 Å². The number of Topliss-reactive ketones (excluding diaryl/α,β-unsaturated/α-hetero) is 2. The molecule has 59 heavy (non-hydrogen) atoms. The van der Waals surface area contributed by atoms with Crippen molar-refractivity contribution in [1.82, 2.24) is 19.6 Å². The second-order valence-electron chi connectivity index (χ2n) is 15.0. The molecule has 7 unspecified atom stereocenters. The largest absolute Gasteiger partial charge is 0.507 e. The van der Waals surface area contributed by atoms with Crippen molar-refractivity contribution in [2.75, 3.05) is 46.5 Å². The Morgan fingerprint density at radius 1 is 0.814 bits per heavy atom. The van der Waals surface area contributed by atoms with E-state index in [0.29, 0.717) is 34.7 Å². The molecule has 2 heterocycles.